The van der Waals surface area contributed by atoms with Crippen LogP contribution in [0.2, 0.25) is 0 Å². The maximum atomic E-state index is 15.4. The molecule has 39 nitrogen and oxygen atoms in total. The van der Waals surface area contributed by atoms with E-state index in [0.717, 1.165) is 10.9 Å². The highest BCUT2D eigenvalue weighted by Gasteiger charge is 2.41. The van der Waals surface area contributed by atoms with Gasteiger partial charge >= 0.3 is 11.9 Å². The summed E-state index contributed by atoms with van der Waals surface area (Å²) in [5, 5.41) is 54.9. The minimum absolute atomic E-state index is 0.00297. The molecule has 0 unspecified atom stereocenters. The maximum Gasteiger partial charge on any atom is 0.305 e. The first-order chi connectivity index (χ1) is 62.7. The van der Waals surface area contributed by atoms with E-state index in [1.165, 1.54) is 20.8 Å². The Morgan fingerprint density at radius 1 is 0.331 bits per heavy atom. The van der Waals surface area contributed by atoms with Crippen LogP contribution >= 0.6 is 0 Å². The summed E-state index contributed by atoms with van der Waals surface area (Å²) in [5.41, 5.74) is 3.99. The summed E-state index contributed by atoms with van der Waals surface area (Å²) in [4.78, 5) is 260. The van der Waals surface area contributed by atoms with Gasteiger partial charge in [-0.25, -0.2) is 0 Å². The van der Waals surface area contributed by atoms with Crippen molar-refractivity contribution in [2.45, 2.75) is 268 Å². The lowest BCUT2D eigenvalue weighted by Crippen LogP contribution is -2.62. The highest BCUT2D eigenvalue weighted by Crippen LogP contribution is 2.25. The molecule has 0 saturated heterocycles. The van der Waals surface area contributed by atoms with Crippen LogP contribution in [-0.4, -0.2) is 231 Å². The number of hydrogen-bond donors (Lipinski definition) is 20. The molecule has 20 N–H and O–H groups in total. The van der Waals surface area contributed by atoms with Crippen molar-refractivity contribution in [2.75, 3.05) is 19.7 Å². The van der Waals surface area contributed by atoms with E-state index in [-0.39, 0.29) is 87.7 Å². The normalized spacial score (nSPS) is 14.7. The van der Waals surface area contributed by atoms with Crippen molar-refractivity contribution in [2.24, 2.45) is 47.3 Å². The topological polar surface area (TPSA) is 577 Å². The van der Waals surface area contributed by atoms with Gasteiger partial charge < -0.3 is 110 Å². The standard InChI is InChI=1S/C94H137N19O20/c1-47(2)34-67(103-81(119)55(17)101-75(116)45-99-91(129)77(51(9)10)100-46-114)84(122)102-56(18)82(120)111-79(53(13)14)93(131)113-80(54(15)16)94(132)112-78(52(11)12)92(130)110-74(41-76(117)118)90(128)106-70(37-50(7)8)87(125)109-73(40-60-44-98-66-31-25-22-28-63(60)66)89(127)105-69(36-49(5)6)86(124)108-72(39-59-43-97-65-30-24-21-27-62(59)65)88(126)104-68(35-48(3)4)85(123)107-71(83(121)95-32-33-133-57(19)115)38-58-42-96-64-29-23-20-26-61(58)64/h20-31,42-44,46-56,67-74,77-80,96-98H,32-41,45H2,1-19H3,(H,95,121)(H,99,129)(H,100,114)(H,101,116)(H,102,122)(H,103,119)(H,104,126)(H,105,127)(H,106,128)(H,107,123)(H,108,124)(H,109,125)(H,110,130)(H,111,120)(H,112,132)(H,113,131)(H,117,118)/t55-,56-,67+,68+,69+,70+,71-,72-,73-,74-,77-,78+,79+,80-/m0/s1. The van der Waals surface area contributed by atoms with Gasteiger partial charge in [-0.2, -0.15) is 0 Å². The third-order valence-corrected chi connectivity index (χ3v) is 22.2. The predicted molar refractivity (Wildman–Crippen MR) is 498 cm³/mol. The van der Waals surface area contributed by atoms with E-state index in [0.29, 0.717) is 44.9 Å². The first-order valence-electron chi connectivity index (χ1n) is 45.4. The molecule has 0 aliphatic rings. The van der Waals surface area contributed by atoms with Crippen molar-refractivity contribution in [1.82, 2.24) is 100 Å². The SMILES string of the molecule is CC(=O)OCCNC(=O)[C@H](Cc1c[nH]c2ccccc12)NC(=O)[C@@H](CC(C)C)NC(=O)[C@H](Cc1c[nH]c2ccccc12)NC(=O)[C@@H](CC(C)C)NC(=O)[C@H](Cc1c[nH]c2ccccc12)NC(=O)[C@@H](CC(C)C)NC(=O)[C@H](CC(=O)O)NC(=O)[C@H](NC(=O)[C@@H](NC(=O)[C@H](NC(=O)[C@H](C)NC(=O)[C@@H](CC(C)C)NC(=O)[C@H](C)NC(=O)CNC(=O)[C@@H](NC=O)C(C)C)C(C)C)C(C)C)C(C)C. The minimum Gasteiger partial charge on any atom is -0.481 e. The zero-order valence-corrected chi connectivity index (χ0v) is 79.4. The largest absolute Gasteiger partial charge is 0.481 e. The first-order valence-corrected chi connectivity index (χ1v) is 45.4. The smallest absolute Gasteiger partial charge is 0.305 e. The van der Waals surface area contributed by atoms with Gasteiger partial charge in [0.2, 0.25) is 95.0 Å². The van der Waals surface area contributed by atoms with Gasteiger partial charge in [0.05, 0.1) is 19.5 Å². The Morgan fingerprint density at radius 3 is 0.970 bits per heavy atom. The molecular formula is C94H137N19O20. The molecule has 0 bridgehead atoms. The predicted octanol–water partition coefficient (Wildman–Crippen LogP) is 2.69. The van der Waals surface area contributed by atoms with Gasteiger partial charge in [0.15, 0.2) is 0 Å². The number of esters is 1. The second-order valence-corrected chi connectivity index (χ2v) is 36.9. The van der Waals surface area contributed by atoms with E-state index in [4.69, 9.17) is 4.74 Å². The number of carboxylic acids is 1. The molecule has 3 aromatic carbocycles. The van der Waals surface area contributed by atoms with E-state index >= 15 is 19.2 Å². The molecule has 3 heterocycles. The number of hydrogen-bond acceptors (Lipinski definition) is 19. The molecule has 0 radical (unpaired) electrons. The number of benzene rings is 3. The fraction of sp³-hybridized carbons (Fsp3) is 0.553. The number of nitrogens with one attached hydrogen (secondary N) is 19. The molecule has 0 saturated carbocycles. The molecule has 0 fully saturated rings. The van der Waals surface area contributed by atoms with Crippen LogP contribution in [-0.2, 0) is 110 Å². The van der Waals surface area contributed by atoms with Crippen LogP contribution in [0.5, 0.6) is 0 Å². The summed E-state index contributed by atoms with van der Waals surface area (Å²) in [6, 6.07) is 2.41. The number of para-hydroxylation sites is 3. The molecule has 0 aliphatic carbocycles. The lowest BCUT2D eigenvalue weighted by atomic mass is 9.97. The highest BCUT2D eigenvalue weighted by molar-refractivity contribution is 6.02. The molecule has 14 atom stereocenters. The maximum absolute atomic E-state index is 15.4. The van der Waals surface area contributed by atoms with Crippen LogP contribution in [0, 0.1) is 47.3 Å². The Balaban J connectivity index is 1.20. The van der Waals surface area contributed by atoms with Crippen molar-refractivity contribution in [1.29, 1.82) is 0 Å². The monoisotopic (exact) mass is 1850 g/mol. The minimum atomic E-state index is -1.93. The quantitative estimate of drug-likeness (QED) is 0.0148. The summed E-state index contributed by atoms with van der Waals surface area (Å²) in [6.45, 7) is 30.3. The molecule has 0 spiro atoms. The number of aromatic amines is 3. The number of amides is 16. The molecule has 3 aromatic heterocycles. The van der Waals surface area contributed by atoms with Gasteiger partial charge in [-0.3, -0.25) is 86.3 Å². The van der Waals surface area contributed by atoms with Gasteiger partial charge in [0.25, 0.3) is 0 Å². The number of carbonyl (C=O) groups excluding carboxylic acids is 17. The van der Waals surface area contributed by atoms with Gasteiger partial charge in [-0.05, 0) is 122 Å². The van der Waals surface area contributed by atoms with E-state index in [1.54, 1.807) is 146 Å². The molecule has 39 heteroatoms. The Hall–Kier alpha value is -13.3. The number of carbonyl (C=O) groups is 18. The number of aromatic nitrogens is 3. The third-order valence-electron chi connectivity index (χ3n) is 22.2. The number of aliphatic carboxylic acids is 1. The Bertz CT molecular complexity index is 5050. The number of carboxylic acid groups (broad SMARTS) is 1. The molecule has 6 rings (SSSR count). The first kappa shape index (κ1) is 108. The lowest BCUT2D eigenvalue weighted by molar-refractivity contribution is -0.142. The molecule has 133 heavy (non-hydrogen) atoms. The van der Waals surface area contributed by atoms with E-state index in [9.17, 15) is 72.2 Å². The molecule has 728 valence electrons. The molecular weight excluding hydrogens is 1720 g/mol. The summed E-state index contributed by atoms with van der Waals surface area (Å²) >= 11 is 0. The van der Waals surface area contributed by atoms with Crippen LogP contribution in [0.1, 0.15) is 180 Å². The Morgan fingerprint density at radius 2 is 0.624 bits per heavy atom. The second kappa shape index (κ2) is 52.1. The zero-order chi connectivity index (χ0) is 98.9. The van der Waals surface area contributed by atoms with Crippen molar-refractivity contribution < 1.29 is 96.1 Å². The third kappa shape index (κ3) is 34.1. The Kier molecular flexibility index (Phi) is 42.5. The second-order valence-electron chi connectivity index (χ2n) is 36.9. The van der Waals surface area contributed by atoms with Crippen molar-refractivity contribution in [3.63, 3.8) is 0 Å². The van der Waals surface area contributed by atoms with Gasteiger partial charge in [-0.15, -0.1) is 0 Å². The Labute approximate surface area is 774 Å². The average Bonchev–Trinajstić information content (AvgIpc) is 1.70. The van der Waals surface area contributed by atoms with Crippen molar-refractivity contribution in [3.05, 3.63) is 108 Å². The van der Waals surface area contributed by atoms with E-state index in [1.807, 2.05) is 56.3 Å². The number of ether oxygens (including phenoxy) is 1. The van der Waals surface area contributed by atoms with Gasteiger partial charge in [0, 0.05) is 77.5 Å². The number of rotatable bonds is 54. The fourth-order valence-electron chi connectivity index (χ4n) is 15.1. The summed E-state index contributed by atoms with van der Waals surface area (Å²) < 4.78 is 5.05. The van der Waals surface area contributed by atoms with Crippen LogP contribution in [0.4, 0.5) is 0 Å². The van der Waals surface area contributed by atoms with E-state index < -0.39 is 216 Å². The lowest BCUT2D eigenvalue weighted by Gasteiger charge is -2.31. The summed E-state index contributed by atoms with van der Waals surface area (Å²) in [6.07, 6.45) is 3.97. The van der Waals surface area contributed by atoms with E-state index in [2.05, 4.69) is 100 Å². The highest BCUT2D eigenvalue weighted by atomic mass is 16.5. The number of fused-ring (bicyclic) bond motifs is 3. The van der Waals surface area contributed by atoms with Crippen molar-refractivity contribution in [3.8, 4) is 0 Å². The van der Waals surface area contributed by atoms with Crippen LogP contribution in [0.15, 0.2) is 91.4 Å². The number of H-pyrrole nitrogens is 3. The summed E-state index contributed by atoms with van der Waals surface area (Å²) in [5.74, 6) is -18.2. The van der Waals surface area contributed by atoms with Crippen LogP contribution < -0.4 is 85.1 Å². The zero-order valence-electron chi connectivity index (χ0n) is 79.4. The fourth-order valence-corrected chi connectivity index (χ4v) is 15.1. The van der Waals surface area contributed by atoms with Gasteiger partial charge in [0.1, 0.15) is 91.2 Å². The average molecular weight is 1850 g/mol. The molecule has 0 aliphatic heterocycles. The van der Waals surface area contributed by atoms with Crippen molar-refractivity contribution >= 4 is 140 Å². The summed E-state index contributed by atoms with van der Waals surface area (Å²) in [7, 11) is 0. The van der Waals surface area contributed by atoms with Gasteiger partial charge in [-0.1, -0.05) is 165 Å². The van der Waals surface area contributed by atoms with Crippen LogP contribution in [0.3, 0.4) is 0 Å². The van der Waals surface area contributed by atoms with Crippen LogP contribution in [0.25, 0.3) is 32.7 Å². The molecule has 16 amide bonds. The molecule has 6 aromatic rings.